The summed E-state index contributed by atoms with van der Waals surface area (Å²) >= 11 is 1.88. The van der Waals surface area contributed by atoms with Gasteiger partial charge in [0.25, 0.3) is 0 Å². The van der Waals surface area contributed by atoms with Crippen LogP contribution in [0, 0.1) is 6.92 Å². The summed E-state index contributed by atoms with van der Waals surface area (Å²) in [7, 11) is 0. The molecule has 0 fully saturated rings. The lowest BCUT2D eigenvalue weighted by molar-refractivity contribution is 0.811. The summed E-state index contributed by atoms with van der Waals surface area (Å²) in [5.74, 6) is 1.79. The Morgan fingerprint density at radius 2 is 1.34 bits per heavy atom. The van der Waals surface area contributed by atoms with Crippen molar-refractivity contribution in [1.82, 2.24) is 9.55 Å². The van der Waals surface area contributed by atoms with Gasteiger partial charge in [-0.05, 0) is 65.3 Å². The number of hydrogen-bond acceptors (Lipinski definition) is 2. The topological polar surface area (TPSA) is 17.8 Å². The smallest absolute Gasteiger partial charge is 0.147 e. The number of benzene rings is 5. The summed E-state index contributed by atoms with van der Waals surface area (Å²) in [5, 5.41) is 2.59. The number of para-hydroxylation sites is 3. The molecule has 2 nitrogen and oxygen atoms in total. The van der Waals surface area contributed by atoms with E-state index in [0.29, 0.717) is 11.8 Å². The van der Waals surface area contributed by atoms with Crippen molar-refractivity contribution in [2.45, 2.75) is 46.5 Å². The highest BCUT2D eigenvalue weighted by Crippen LogP contribution is 2.43. The molecule has 0 bridgehead atoms. The second kappa shape index (κ2) is 10.0. The summed E-state index contributed by atoms with van der Waals surface area (Å²) in [5.41, 5.74) is 11.1. The minimum atomic E-state index is 0.387. The van der Waals surface area contributed by atoms with E-state index in [1.165, 1.54) is 59.2 Å². The predicted octanol–water partition coefficient (Wildman–Crippen LogP) is 11.3. The number of aryl methyl sites for hydroxylation is 1. The fourth-order valence-electron chi connectivity index (χ4n) is 6.10. The van der Waals surface area contributed by atoms with Crippen LogP contribution in [0.25, 0.3) is 59.4 Å². The number of aromatic nitrogens is 2. The first kappa shape index (κ1) is 25.7. The highest BCUT2D eigenvalue weighted by atomic mass is 32.1. The average Bonchev–Trinajstić information content (AvgIpc) is 3.55. The minimum Gasteiger partial charge on any atom is -0.292 e. The number of imidazole rings is 1. The lowest BCUT2D eigenvalue weighted by atomic mass is 9.92. The van der Waals surface area contributed by atoms with Gasteiger partial charge in [0, 0.05) is 25.7 Å². The lowest BCUT2D eigenvalue weighted by Crippen LogP contribution is -2.08. The fraction of sp³-hybridized carbons (Fsp3) is 0.184. The number of hydrogen-bond donors (Lipinski definition) is 0. The Hall–Kier alpha value is -4.21. The van der Waals surface area contributed by atoms with E-state index in [-0.39, 0.29) is 0 Å². The summed E-state index contributed by atoms with van der Waals surface area (Å²) < 4.78 is 5.03. The molecule has 0 aliphatic carbocycles. The zero-order valence-electron chi connectivity index (χ0n) is 24.3. The van der Waals surface area contributed by atoms with E-state index in [4.69, 9.17) is 4.98 Å². The molecule has 5 aromatic carbocycles. The van der Waals surface area contributed by atoms with Gasteiger partial charge in [-0.2, -0.15) is 0 Å². The second-order valence-corrected chi connectivity index (χ2v) is 12.8. The van der Waals surface area contributed by atoms with Crippen LogP contribution in [0.4, 0.5) is 0 Å². The Balaban J connectivity index is 1.52. The van der Waals surface area contributed by atoms with E-state index in [1.807, 2.05) is 11.3 Å². The number of thiophene rings is 1. The molecule has 0 atom stereocenters. The van der Waals surface area contributed by atoms with E-state index in [9.17, 15) is 0 Å². The maximum absolute atomic E-state index is 5.32. The van der Waals surface area contributed by atoms with Crippen molar-refractivity contribution in [3.05, 3.63) is 120 Å². The van der Waals surface area contributed by atoms with E-state index in [2.05, 4.69) is 142 Å². The third-order valence-corrected chi connectivity index (χ3v) is 9.45. The molecule has 0 unspecified atom stereocenters. The molecule has 0 aliphatic rings. The largest absolute Gasteiger partial charge is 0.292 e. The third-order valence-electron chi connectivity index (χ3n) is 8.25. The van der Waals surface area contributed by atoms with Gasteiger partial charge in [-0.3, -0.25) is 4.57 Å². The highest BCUT2D eigenvalue weighted by Gasteiger charge is 2.23. The van der Waals surface area contributed by atoms with Crippen molar-refractivity contribution >= 4 is 42.5 Å². The fourth-order valence-corrected chi connectivity index (χ4v) is 7.35. The normalized spacial score (nSPS) is 12.0. The Morgan fingerprint density at radius 3 is 2.07 bits per heavy atom. The van der Waals surface area contributed by atoms with Crippen molar-refractivity contribution in [2.24, 2.45) is 0 Å². The van der Waals surface area contributed by atoms with Crippen LogP contribution in [0.15, 0.2) is 103 Å². The number of nitrogens with zero attached hydrogens (tertiary/aromatic N) is 2. The lowest BCUT2D eigenvalue weighted by Gasteiger charge is -2.22. The van der Waals surface area contributed by atoms with Crippen molar-refractivity contribution in [2.75, 3.05) is 0 Å². The van der Waals surface area contributed by atoms with Gasteiger partial charge < -0.3 is 0 Å². The van der Waals surface area contributed by atoms with Gasteiger partial charge in [0.05, 0.1) is 16.7 Å². The van der Waals surface area contributed by atoms with Crippen LogP contribution in [-0.2, 0) is 0 Å². The van der Waals surface area contributed by atoms with Crippen LogP contribution < -0.4 is 0 Å². The predicted molar refractivity (Wildman–Crippen MR) is 178 cm³/mol. The standard InChI is InChI=1S/C38H34N2S/c1-23(2)28-10-8-11-29(24(3)4)36(28)40-34-15-7-6-14-33(34)39-38(40)32-13-9-12-31-30-21-20-27(22-35(30)41-37(31)32)26-18-16-25(5)17-19-26/h6-24H,1-5H3. The van der Waals surface area contributed by atoms with E-state index >= 15 is 0 Å². The molecule has 0 aliphatic heterocycles. The van der Waals surface area contributed by atoms with Crippen molar-refractivity contribution in [1.29, 1.82) is 0 Å². The van der Waals surface area contributed by atoms with Crippen LogP contribution in [0.3, 0.4) is 0 Å². The molecule has 7 aromatic rings. The first-order chi connectivity index (χ1) is 19.9. The first-order valence-electron chi connectivity index (χ1n) is 14.5. The number of rotatable bonds is 5. The van der Waals surface area contributed by atoms with Gasteiger partial charge in [0.2, 0.25) is 0 Å². The van der Waals surface area contributed by atoms with Gasteiger partial charge in [0.1, 0.15) is 5.82 Å². The number of fused-ring (bicyclic) bond motifs is 4. The molecule has 41 heavy (non-hydrogen) atoms. The molecular formula is C38H34N2S. The average molecular weight is 551 g/mol. The molecule has 0 spiro atoms. The highest BCUT2D eigenvalue weighted by molar-refractivity contribution is 7.26. The molecule has 2 aromatic heterocycles. The molecule has 0 saturated heterocycles. The van der Waals surface area contributed by atoms with Gasteiger partial charge in [-0.25, -0.2) is 4.98 Å². The Morgan fingerprint density at radius 1 is 0.659 bits per heavy atom. The molecular weight excluding hydrogens is 516 g/mol. The second-order valence-electron chi connectivity index (χ2n) is 11.7. The zero-order valence-corrected chi connectivity index (χ0v) is 25.1. The van der Waals surface area contributed by atoms with E-state index < -0.39 is 0 Å². The van der Waals surface area contributed by atoms with Gasteiger partial charge in [-0.1, -0.05) is 112 Å². The molecule has 3 heteroatoms. The van der Waals surface area contributed by atoms with Crippen molar-refractivity contribution < 1.29 is 0 Å². The van der Waals surface area contributed by atoms with Gasteiger partial charge in [0.15, 0.2) is 0 Å². The molecule has 2 heterocycles. The summed E-state index contributed by atoms with van der Waals surface area (Å²) in [6.07, 6.45) is 0. The first-order valence-corrected chi connectivity index (χ1v) is 15.4. The van der Waals surface area contributed by atoms with Crippen molar-refractivity contribution in [3.8, 4) is 28.2 Å². The van der Waals surface area contributed by atoms with Crippen LogP contribution in [0.2, 0.25) is 0 Å². The molecule has 0 N–H and O–H groups in total. The quantitative estimate of drug-likeness (QED) is 0.208. The van der Waals surface area contributed by atoms with E-state index in [1.54, 1.807) is 0 Å². The monoisotopic (exact) mass is 550 g/mol. The van der Waals surface area contributed by atoms with E-state index in [0.717, 1.165) is 16.9 Å². The van der Waals surface area contributed by atoms with Gasteiger partial charge in [-0.15, -0.1) is 11.3 Å². The summed E-state index contributed by atoms with van der Waals surface area (Å²) in [6, 6.07) is 37.8. The maximum atomic E-state index is 5.32. The van der Waals surface area contributed by atoms with Gasteiger partial charge >= 0.3 is 0 Å². The molecule has 0 saturated carbocycles. The van der Waals surface area contributed by atoms with Crippen LogP contribution in [0.5, 0.6) is 0 Å². The molecule has 7 rings (SSSR count). The molecule has 0 radical (unpaired) electrons. The van der Waals surface area contributed by atoms with Crippen LogP contribution in [0.1, 0.15) is 56.2 Å². The Labute approximate surface area is 245 Å². The maximum Gasteiger partial charge on any atom is 0.147 e. The van der Waals surface area contributed by atoms with Crippen LogP contribution >= 0.6 is 11.3 Å². The Bertz CT molecular complexity index is 2030. The Kier molecular flexibility index (Phi) is 6.28. The van der Waals surface area contributed by atoms with Crippen LogP contribution in [-0.4, -0.2) is 9.55 Å². The minimum absolute atomic E-state index is 0.387. The SMILES string of the molecule is Cc1ccc(-c2ccc3c(c2)sc2c(-c4nc5ccccc5n4-c4c(C(C)C)cccc4C(C)C)cccc23)cc1. The summed E-state index contributed by atoms with van der Waals surface area (Å²) in [4.78, 5) is 5.32. The molecule has 202 valence electrons. The summed E-state index contributed by atoms with van der Waals surface area (Å²) in [6.45, 7) is 11.3. The van der Waals surface area contributed by atoms with Crippen molar-refractivity contribution in [3.63, 3.8) is 0 Å². The third kappa shape index (κ3) is 4.27. The molecule has 0 amide bonds. The zero-order chi connectivity index (χ0) is 28.2.